The maximum absolute atomic E-state index is 12.4. The Hall–Kier alpha value is -1.81. The predicted molar refractivity (Wildman–Crippen MR) is 96.8 cm³/mol. The molecule has 0 aliphatic rings. The number of carbonyl (C=O) groups is 1. The smallest absolute Gasteiger partial charge is 0.256 e. The third-order valence-electron chi connectivity index (χ3n) is 3.71. The van der Waals surface area contributed by atoms with E-state index in [1.165, 1.54) is 5.69 Å². The van der Waals surface area contributed by atoms with Crippen LogP contribution < -0.4 is 10.2 Å². The van der Waals surface area contributed by atoms with Crippen LogP contribution in [0.1, 0.15) is 29.8 Å². The summed E-state index contributed by atoms with van der Waals surface area (Å²) in [4.78, 5) is 14.7. The fourth-order valence-corrected chi connectivity index (χ4v) is 2.87. The number of nitrogens with zero attached hydrogens (tertiary/aromatic N) is 1. The van der Waals surface area contributed by atoms with Gasteiger partial charge in [-0.3, -0.25) is 4.79 Å². The molecule has 0 aliphatic heterocycles. The van der Waals surface area contributed by atoms with Crippen LogP contribution in [-0.2, 0) is 0 Å². The molecule has 0 radical (unpaired) electrons. The SMILES string of the molecule is CCN(CC)c1ccc(NC(=O)c2ccccc2Br)c(C)c1. The number of carbonyl (C=O) groups excluding carboxylic acids is 1. The van der Waals surface area contributed by atoms with E-state index in [-0.39, 0.29) is 5.91 Å². The van der Waals surface area contributed by atoms with Crippen LogP contribution in [0.5, 0.6) is 0 Å². The zero-order valence-corrected chi connectivity index (χ0v) is 14.8. The van der Waals surface area contributed by atoms with Gasteiger partial charge in [-0.05, 0) is 72.6 Å². The van der Waals surface area contributed by atoms with Crippen molar-refractivity contribution in [3.8, 4) is 0 Å². The molecule has 4 heteroatoms. The Labute approximate surface area is 140 Å². The van der Waals surface area contributed by atoms with Crippen LogP contribution in [0.2, 0.25) is 0 Å². The number of amides is 1. The largest absolute Gasteiger partial charge is 0.372 e. The molecule has 0 fully saturated rings. The molecule has 1 N–H and O–H groups in total. The zero-order chi connectivity index (χ0) is 16.1. The van der Waals surface area contributed by atoms with Crippen LogP contribution in [0, 0.1) is 6.92 Å². The second-order valence-corrected chi connectivity index (χ2v) is 5.96. The lowest BCUT2D eigenvalue weighted by atomic mass is 10.1. The van der Waals surface area contributed by atoms with Gasteiger partial charge in [0.25, 0.3) is 5.91 Å². The first-order valence-electron chi connectivity index (χ1n) is 7.48. The molecule has 0 aliphatic carbocycles. The van der Waals surface area contributed by atoms with E-state index in [9.17, 15) is 4.79 Å². The van der Waals surface area contributed by atoms with Gasteiger partial charge in [-0.1, -0.05) is 12.1 Å². The first-order valence-corrected chi connectivity index (χ1v) is 8.27. The summed E-state index contributed by atoms with van der Waals surface area (Å²) in [5.74, 6) is -0.105. The van der Waals surface area contributed by atoms with E-state index in [1.807, 2.05) is 31.2 Å². The molecule has 0 atom stereocenters. The molecular weight excluding hydrogens is 340 g/mol. The molecule has 2 aromatic rings. The van der Waals surface area contributed by atoms with E-state index in [4.69, 9.17) is 0 Å². The van der Waals surface area contributed by atoms with Gasteiger partial charge in [0.05, 0.1) is 5.56 Å². The fraction of sp³-hybridized carbons (Fsp3) is 0.278. The summed E-state index contributed by atoms with van der Waals surface area (Å²) in [7, 11) is 0. The quantitative estimate of drug-likeness (QED) is 0.825. The summed E-state index contributed by atoms with van der Waals surface area (Å²) >= 11 is 3.41. The highest BCUT2D eigenvalue weighted by Crippen LogP contribution is 2.24. The molecule has 0 unspecified atom stereocenters. The van der Waals surface area contributed by atoms with E-state index in [0.29, 0.717) is 5.56 Å². The number of hydrogen-bond acceptors (Lipinski definition) is 2. The molecule has 0 aromatic heterocycles. The molecule has 2 rings (SSSR count). The Morgan fingerprint density at radius 3 is 2.41 bits per heavy atom. The van der Waals surface area contributed by atoms with E-state index in [0.717, 1.165) is 28.8 Å². The molecule has 3 nitrogen and oxygen atoms in total. The minimum atomic E-state index is -0.105. The summed E-state index contributed by atoms with van der Waals surface area (Å²) < 4.78 is 0.796. The predicted octanol–water partition coefficient (Wildman–Crippen LogP) is 4.86. The number of nitrogens with one attached hydrogen (secondary N) is 1. The Morgan fingerprint density at radius 2 is 1.82 bits per heavy atom. The maximum Gasteiger partial charge on any atom is 0.256 e. The summed E-state index contributed by atoms with van der Waals surface area (Å²) in [6.45, 7) is 8.24. The van der Waals surface area contributed by atoms with Crippen molar-refractivity contribution in [2.24, 2.45) is 0 Å². The topological polar surface area (TPSA) is 32.3 Å². The average Bonchev–Trinajstić information content (AvgIpc) is 2.51. The summed E-state index contributed by atoms with van der Waals surface area (Å²) in [6, 6.07) is 13.6. The lowest BCUT2D eigenvalue weighted by Crippen LogP contribution is -2.22. The van der Waals surface area contributed by atoms with E-state index in [1.54, 1.807) is 6.07 Å². The zero-order valence-electron chi connectivity index (χ0n) is 13.2. The maximum atomic E-state index is 12.4. The highest BCUT2D eigenvalue weighted by molar-refractivity contribution is 9.10. The highest BCUT2D eigenvalue weighted by Gasteiger charge is 2.11. The van der Waals surface area contributed by atoms with Gasteiger partial charge < -0.3 is 10.2 Å². The number of anilines is 2. The number of rotatable bonds is 5. The molecule has 116 valence electrons. The summed E-state index contributed by atoms with van der Waals surface area (Å²) in [5.41, 5.74) is 3.72. The van der Waals surface area contributed by atoms with Gasteiger partial charge >= 0.3 is 0 Å². The van der Waals surface area contributed by atoms with Crippen molar-refractivity contribution in [1.29, 1.82) is 0 Å². The first kappa shape index (κ1) is 16.6. The molecule has 22 heavy (non-hydrogen) atoms. The Bertz CT molecular complexity index is 666. The first-order chi connectivity index (χ1) is 10.6. The third-order valence-corrected chi connectivity index (χ3v) is 4.40. The second kappa shape index (κ2) is 7.45. The Morgan fingerprint density at radius 1 is 1.14 bits per heavy atom. The Kier molecular flexibility index (Phi) is 5.61. The number of halogens is 1. The minimum Gasteiger partial charge on any atom is -0.372 e. The van der Waals surface area contributed by atoms with Gasteiger partial charge in [0.15, 0.2) is 0 Å². The van der Waals surface area contributed by atoms with Crippen molar-refractivity contribution in [2.45, 2.75) is 20.8 Å². The summed E-state index contributed by atoms with van der Waals surface area (Å²) in [5, 5.41) is 2.98. The van der Waals surface area contributed by atoms with Gasteiger partial charge in [0, 0.05) is 28.9 Å². The van der Waals surface area contributed by atoms with Crippen molar-refractivity contribution in [3.05, 3.63) is 58.1 Å². The third kappa shape index (κ3) is 3.69. The van der Waals surface area contributed by atoms with Crippen molar-refractivity contribution in [3.63, 3.8) is 0 Å². The standard InChI is InChI=1S/C18H21BrN2O/c1-4-21(5-2)14-10-11-17(13(3)12-14)20-18(22)15-8-6-7-9-16(15)19/h6-12H,4-5H2,1-3H3,(H,20,22). The molecular formula is C18H21BrN2O. The molecule has 0 bridgehead atoms. The molecule has 0 spiro atoms. The second-order valence-electron chi connectivity index (χ2n) is 5.11. The van der Waals surface area contributed by atoms with Crippen molar-refractivity contribution in [1.82, 2.24) is 0 Å². The summed E-state index contributed by atoms with van der Waals surface area (Å²) in [6.07, 6.45) is 0. The van der Waals surface area contributed by atoms with Gasteiger partial charge in [-0.2, -0.15) is 0 Å². The average molecular weight is 361 g/mol. The fourth-order valence-electron chi connectivity index (χ4n) is 2.41. The van der Waals surface area contributed by atoms with Crippen LogP contribution in [0.4, 0.5) is 11.4 Å². The Balaban J connectivity index is 2.20. The van der Waals surface area contributed by atoms with Crippen molar-refractivity contribution >= 4 is 33.2 Å². The van der Waals surface area contributed by atoms with Crippen LogP contribution in [0.25, 0.3) is 0 Å². The lowest BCUT2D eigenvalue weighted by Gasteiger charge is -2.22. The van der Waals surface area contributed by atoms with Gasteiger partial charge in [0.1, 0.15) is 0 Å². The van der Waals surface area contributed by atoms with Crippen molar-refractivity contribution < 1.29 is 4.79 Å². The van der Waals surface area contributed by atoms with Gasteiger partial charge in [0.2, 0.25) is 0 Å². The minimum absolute atomic E-state index is 0.105. The van der Waals surface area contributed by atoms with Crippen LogP contribution in [0.3, 0.4) is 0 Å². The van der Waals surface area contributed by atoms with Crippen LogP contribution >= 0.6 is 15.9 Å². The number of benzene rings is 2. The van der Waals surface area contributed by atoms with Crippen molar-refractivity contribution in [2.75, 3.05) is 23.3 Å². The highest BCUT2D eigenvalue weighted by atomic mass is 79.9. The molecule has 1 amide bonds. The van der Waals surface area contributed by atoms with Gasteiger partial charge in [-0.15, -0.1) is 0 Å². The van der Waals surface area contributed by atoms with Crippen LogP contribution in [0.15, 0.2) is 46.9 Å². The molecule has 0 heterocycles. The van der Waals surface area contributed by atoms with E-state index >= 15 is 0 Å². The van der Waals surface area contributed by atoms with Crippen LogP contribution in [-0.4, -0.2) is 19.0 Å². The molecule has 0 saturated heterocycles. The van der Waals surface area contributed by atoms with E-state index in [2.05, 4.69) is 52.1 Å². The number of aryl methyl sites for hydroxylation is 1. The lowest BCUT2D eigenvalue weighted by molar-refractivity contribution is 0.102. The van der Waals surface area contributed by atoms with Gasteiger partial charge in [-0.25, -0.2) is 0 Å². The molecule has 0 saturated carbocycles. The normalized spacial score (nSPS) is 10.4. The number of hydrogen-bond donors (Lipinski definition) is 1. The van der Waals surface area contributed by atoms with E-state index < -0.39 is 0 Å². The molecule has 2 aromatic carbocycles. The monoisotopic (exact) mass is 360 g/mol.